The van der Waals surface area contributed by atoms with Crippen LogP contribution in [0.5, 0.6) is 0 Å². The summed E-state index contributed by atoms with van der Waals surface area (Å²) in [5.74, 6) is 0.817. The third-order valence-corrected chi connectivity index (χ3v) is 10.8. The second kappa shape index (κ2) is 12.4. The van der Waals surface area contributed by atoms with Crippen molar-refractivity contribution in [2.75, 3.05) is 5.32 Å². The molecule has 1 aromatic heterocycles. The van der Waals surface area contributed by atoms with E-state index >= 15 is 0 Å². The first-order valence-corrected chi connectivity index (χ1v) is 15.3. The number of hydrogen-bond acceptors (Lipinski definition) is 7. The Hall–Kier alpha value is -4.09. The molecule has 2 atom stereocenters. The maximum absolute atomic E-state index is 11.5. The summed E-state index contributed by atoms with van der Waals surface area (Å²) in [5.41, 5.74) is 0.922. The zero-order valence-electron chi connectivity index (χ0n) is 22.8. The van der Waals surface area contributed by atoms with E-state index in [-0.39, 0.29) is 18.1 Å². The van der Waals surface area contributed by atoms with Crippen LogP contribution in [-0.4, -0.2) is 33.8 Å². The molecule has 0 bridgehead atoms. The van der Waals surface area contributed by atoms with Gasteiger partial charge in [0.2, 0.25) is 0 Å². The fraction of sp³-hybridized carbons (Fsp3) is 0.250. The molecule has 1 fully saturated rings. The molecule has 8 heteroatoms. The van der Waals surface area contributed by atoms with E-state index in [0.29, 0.717) is 29.3 Å². The van der Waals surface area contributed by atoms with Crippen molar-refractivity contribution in [1.82, 2.24) is 9.97 Å². The minimum absolute atomic E-state index is 0.0656. The van der Waals surface area contributed by atoms with Gasteiger partial charge < -0.3 is 15.5 Å². The molecule has 5 rings (SSSR count). The van der Waals surface area contributed by atoms with Crippen molar-refractivity contribution in [2.24, 2.45) is 4.74 Å². The van der Waals surface area contributed by atoms with Gasteiger partial charge in [0.1, 0.15) is 18.2 Å². The first-order chi connectivity index (χ1) is 19.5. The molecule has 1 aliphatic carbocycles. The van der Waals surface area contributed by atoms with Gasteiger partial charge in [0, 0.05) is 41.0 Å². The molecule has 1 saturated carbocycles. The van der Waals surface area contributed by atoms with Crippen molar-refractivity contribution >= 4 is 46.3 Å². The third kappa shape index (κ3) is 5.90. The maximum atomic E-state index is 11.5. The molecule has 0 amide bonds. The van der Waals surface area contributed by atoms with Gasteiger partial charge in [-0.05, 0) is 26.2 Å². The van der Waals surface area contributed by atoms with Gasteiger partial charge in [0.15, 0.2) is 5.82 Å². The summed E-state index contributed by atoms with van der Waals surface area (Å²) in [5, 5.41) is 15.6. The summed E-state index contributed by atoms with van der Waals surface area (Å²) < 4.78 is 11.0. The molecular weight excluding hydrogens is 517 g/mol. The molecule has 2 N–H and O–H groups in total. The number of nitrogens with one attached hydrogen (secondary N) is 2. The first-order valence-electron chi connectivity index (χ1n) is 13.6. The molecule has 3 aromatic carbocycles. The van der Waals surface area contributed by atoms with Crippen LogP contribution < -0.4 is 21.2 Å². The quantitative estimate of drug-likeness (QED) is 0.160. The van der Waals surface area contributed by atoms with Crippen LogP contribution in [0.2, 0.25) is 0 Å². The normalized spacial score (nSPS) is 17.1. The average molecular weight is 552 g/mol. The zero-order valence-corrected chi connectivity index (χ0v) is 23.7. The lowest BCUT2D eigenvalue weighted by Crippen LogP contribution is -2.33. The molecule has 40 heavy (non-hydrogen) atoms. The van der Waals surface area contributed by atoms with E-state index in [1.807, 2.05) is 54.6 Å². The van der Waals surface area contributed by atoms with Gasteiger partial charge in [-0.3, -0.25) is 4.79 Å². The lowest BCUT2D eigenvalue weighted by atomic mass is 9.92. The van der Waals surface area contributed by atoms with Crippen molar-refractivity contribution in [1.29, 1.82) is 5.41 Å². The van der Waals surface area contributed by atoms with Crippen LogP contribution in [0.25, 0.3) is 0 Å². The highest BCUT2D eigenvalue weighted by Crippen LogP contribution is 2.49. The summed E-state index contributed by atoms with van der Waals surface area (Å²) in [6.07, 6.45) is 4.84. The number of nitrogens with zero attached hydrogens (tertiary/aromatic N) is 3. The number of hydrogen-bond donors (Lipinski definition) is 2. The Kier molecular flexibility index (Phi) is 8.51. The Balaban J connectivity index is 1.69. The van der Waals surface area contributed by atoms with Crippen LogP contribution >= 0.6 is 7.05 Å². The number of anilines is 1. The van der Waals surface area contributed by atoms with Crippen molar-refractivity contribution < 1.29 is 9.53 Å². The van der Waals surface area contributed by atoms with Gasteiger partial charge in [0.05, 0.1) is 12.6 Å². The molecule has 7 nitrogen and oxygen atoms in total. The van der Waals surface area contributed by atoms with E-state index in [4.69, 9.17) is 14.9 Å². The molecule has 1 aliphatic rings. The van der Waals surface area contributed by atoms with Crippen LogP contribution in [-0.2, 0) is 9.53 Å². The maximum Gasteiger partial charge on any atom is 0.302 e. The molecular formula is C32H34N5O2P. The summed E-state index contributed by atoms with van der Waals surface area (Å²) in [6.45, 7) is 3.20. The average Bonchev–Trinajstić information content (AvgIpc) is 2.97. The minimum Gasteiger partial charge on any atom is -0.462 e. The number of benzene rings is 3. The van der Waals surface area contributed by atoms with Crippen LogP contribution in [0.15, 0.2) is 102 Å². The monoisotopic (exact) mass is 551 g/mol. The van der Waals surface area contributed by atoms with Gasteiger partial charge in [-0.25, -0.2) is 14.7 Å². The highest BCUT2D eigenvalue weighted by molar-refractivity contribution is 7.87. The Bertz CT molecular complexity index is 1420. The SMILES string of the molecule is CC(=N)c1c(N=P(c2ccccc2)(c2ccccc2)c2ccccc2)ncnc1NC1CCCC(OC(C)=O)C1. The predicted octanol–water partition coefficient (Wildman–Crippen LogP) is 5.96. The number of esters is 1. The smallest absolute Gasteiger partial charge is 0.302 e. The second-order valence-corrected chi connectivity index (χ2v) is 13.0. The summed E-state index contributed by atoms with van der Waals surface area (Å²) in [4.78, 5) is 20.8. The Morgan fingerprint density at radius 3 is 1.93 bits per heavy atom. The van der Waals surface area contributed by atoms with Crippen LogP contribution in [0.4, 0.5) is 11.6 Å². The van der Waals surface area contributed by atoms with Gasteiger partial charge in [0.25, 0.3) is 0 Å². The van der Waals surface area contributed by atoms with Gasteiger partial charge in [-0.2, -0.15) is 0 Å². The largest absolute Gasteiger partial charge is 0.462 e. The predicted molar refractivity (Wildman–Crippen MR) is 163 cm³/mol. The molecule has 0 aliphatic heterocycles. The second-order valence-electron chi connectivity index (χ2n) is 10.0. The van der Waals surface area contributed by atoms with Gasteiger partial charge >= 0.3 is 5.97 Å². The lowest BCUT2D eigenvalue weighted by molar-refractivity contribution is -0.147. The Morgan fingerprint density at radius 1 is 0.875 bits per heavy atom. The third-order valence-electron chi connectivity index (χ3n) is 7.14. The molecule has 0 spiro atoms. The van der Waals surface area contributed by atoms with Crippen molar-refractivity contribution in [2.45, 2.75) is 51.7 Å². The highest BCUT2D eigenvalue weighted by Gasteiger charge is 2.30. The molecule has 4 aromatic rings. The summed E-state index contributed by atoms with van der Waals surface area (Å²) in [6, 6.07) is 31.2. The van der Waals surface area contributed by atoms with Crippen molar-refractivity contribution in [3.63, 3.8) is 0 Å². The fourth-order valence-electron chi connectivity index (χ4n) is 5.41. The fourth-order valence-corrected chi connectivity index (χ4v) is 8.90. The standard InChI is InChI=1S/C32H34N5O2P/c1-23(33)30-31(36-25-13-12-14-26(21-25)39-24(2)38)34-22-35-32(30)37-40(27-15-6-3-7-16-27,28-17-8-4-9-18-28)29-19-10-5-11-20-29/h3-11,15-20,22,25-26,33H,12-14,21H2,1-2H3,(H,34,35,36). The number of aromatic nitrogens is 2. The van der Waals surface area contributed by atoms with Gasteiger partial charge in [-0.1, -0.05) is 91.0 Å². The molecule has 2 unspecified atom stereocenters. The number of rotatable bonds is 8. The molecule has 204 valence electrons. The van der Waals surface area contributed by atoms with Crippen molar-refractivity contribution in [3.8, 4) is 0 Å². The van der Waals surface area contributed by atoms with E-state index in [1.165, 1.54) is 13.3 Å². The van der Waals surface area contributed by atoms with Crippen molar-refractivity contribution in [3.05, 3.63) is 103 Å². The number of carbonyl (C=O) groups is 1. The van der Waals surface area contributed by atoms with Crippen LogP contribution in [0, 0.1) is 5.41 Å². The van der Waals surface area contributed by atoms with Gasteiger partial charge in [-0.15, -0.1) is 0 Å². The van der Waals surface area contributed by atoms with E-state index in [2.05, 4.69) is 51.7 Å². The highest BCUT2D eigenvalue weighted by atomic mass is 31.2. The van der Waals surface area contributed by atoms with Crippen LogP contribution in [0.1, 0.15) is 45.1 Å². The number of carbonyl (C=O) groups excluding carboxylic acids is 1. The summed E-state index contributed by atoms with van der Waals surface area (Å²) >= 11 is 0. The Labute approximate surface area is 235 Å². The van der Waals surface area contributed by atoms with E-state index in [0.717, 1.165) is 35.2 Å². The number of ether oxygens (including phenoxy) is 1. The molecule has 0 saturated heterocycles. The summed E-state index contributed by atoms with van der Waals surface area (Å²) in [7, 11) is -2.58. The van der Waals surface area contributed by atoms with E-state index in [9.17, 15) is 4.79 Å². The van der Waals surface area contributed by atoms with Crippen LogP contribution in [0.3, 0.4) is 0 Å². The molecule has 1 heterocycles. The topological polar surface area (TPSA) is 100 Å². The zero-order chi connectivity index (χ0) is 28.0. The lowest BCUT2D eigenvalue weighted by Gasteiger charge is -2.30. The first kappa shape index (κ1) is 27.5. The Morgan fingerprint density at radius 2 is 1.43 bits per heavy atom. The van der Waals surface area contributed by atoms with E-state index in [1.54, 1.807) is 6.92 Å². The van der Waals surface area contributed by atoms with E-state index < -0.39 is 7.05 Å². The molecule has 0 radical (unpaired) electrons. The minimum atomic E-state index is -2.58.